The Balaban J connectivity index is 2.83. The molecule has 0 spiro atoms. The number of alkyl halides is 4. The van der Waals surface area contributed by atoms with Crippen LogP contribution in [0, 0.1) is 0 Å². The Bertz CT molecular complexity index is 381. The van der Waals surface area contributed by atoms with Crippen LogP contribution in [-0.4, -0.2) is 22.2 Å². The van der Waals surface area contributed by atoms with Crippen molar-refractivity contribution in [2.45, 2.75) is 11.3 Å². The van der Waals surface area contributed by atoms with Crippen LogP contribution in [0.4, 0.5) is 13.2 Å². The Labute approximate surface area is 97.8 Å². The lowest BCUT2D eigenvalue weighted by molar-refractivity contribution is -0.274. The molecule has 7 heteroatoms. The Morgan fingerprint density at radius 3 is 2.62 bits per heavy atom. The molecule has 0 N–H and O–H groups in total. The molecule has 16 heavy (non-hydrogen) atoms. The molecule has 0 saturated heterocycles. The first-order valence-corrected chi connectivity index (χ1v) is 6.08. The fraction of sp³-hybridized carbons (Fsp3) is 0.333. The van der Waals surface area contributed by atoms with Crippen molar-refractivity contribution in [1.82, 2.24) is 0 Å². The van der Waals surface area contributed by atoms with Crippen LogP contribution in [0.1, 0.15) is 0 Å². The average Bonchev–Trinajstić information content (AvgIpc) is 2.16. The van der Waals surface area contributed by atoms with Gasteiger partial charge in [-0.25, -0.2) is 0 Å². The molecule has 0 bridgehead atoms. The van der Waals surface area contributed by atoms with Crippen molar-refractivity contribution in [2.24, 2.45) is 0 Å². The first-order chi connectivity index (χ1) is 7.42. The maximum Gasteiger partial charge on any atom is 0.573 e. The van der Waals surface area contributed by atoms with E-state index in [1.54, 1.807) is 0 Å². The number of halogens is 4. The minimum atomic E-state index is -4.74. The molecule has 0 heterocycles. The molecule has 0 fully saturated rings. The maximum absolute atomic E-state index is 11.9. The summed E-state index contributed by atoms with van der Waals surface area (Å²) < 4.78 is 50.9. The van der Waals surface area contributed by atoms with Gasteiger partial charge in [-0.05, 0) is 18.2 Å². The fourth-order valence-corrected chi connectivity index (χ4v) is 2.28. The van der Waals surface area contributed by atoms with Crippen molar-refractivity contribution >= 4 is 22.4 Å². The van der Waals surface area contributed by atoms with Crippen LogP contribution in [0.5, 0.6) is 5.75 Å². The van der Waals surface area contributed by atoms with Gasteiger partial charge < -0.3 is 4.74 Å². The molecular formula is C9H8ClF3O2S. The number of hydrogen-bond donors (Lipinski definition) is 0. The second kappa shape index (κ2) is 5.54. The molecule has 1 rings (SSSR count). The predicted octanol–water partition coefficient (Wildman–Crippen LogP) is 2.93. The molecule has 0 aliphatic rings. The third-order valence-electron chi connectivity index (χ3n) is 1.56. The molecule has 90 valence electrons. The van der Waals surface area contributed by atoms with Gasteiger partial charge in [0.15, 0.2) is 0 Å². The normalized spacial score (nSPS) is 13.5. The Kier molecular flexibility index (Phi) is 4.61. The standard InChI is InChI=1S/C9H8ClF3O2S/c10-4-5-16(14)8-3-1-2-7(6-8)15-9(11,12)13/h1-3,6H,4-5H2. The summed E-state index contributed by atoms with van der Waals surface area (Å²) in [6.45, 7) is 0. The van der Waals surface area contributed by atoms with E-state index in [1.807, 2.05) is 0 Å². The van der Waals surface area contributed by atoms with Crippen LogP contribution in [0.15, 0.2) is 29.2 Å². The van der Waals surface area contributed by atoms with Crippen molar-refractivity contribution < 1.29 is 22.1 Å². The predicted molar refractivity (Wildman–Crippen MR) is 55.1 cm³/mol. The molecule has 0 aliphatic carbocycles. The van der Waals surface area contributed by atoms with Crippen molar-refractivity contribution in [1.29, 1.82) is 0 Å². The highest BCUT2D eigenvalue weighted by Gasteiger charge is 2.31. The van der Waals surface area contributed by atoms with Gasteiger partial charge in [-0.15, -0.1) is 24.8 Å². The minimum absolute atomic E-state index is 0.178. The van der Waals surface area contributed by atoms with Gasteiger partial charge in [-0.3, -0.25) is 4.21 Å². The first-order valence-electron chi connectivity index (χ1n) is 4.22. The Morgan fingerprint density at radius 2 is 2.06 bits per heavy atom. The summed E-state index contributed by atoms with van der Waals surface area (Å²) in [5.41, 5.74) is 0. The smallest absolute Gasteiger partial charge is 0.406 e. The zero-order chi connectivity index (χ0) is 12.2. The molecule has 1 aromatic carbocycles. The number of benzene rings is 1. The average molecular weight is 273 g/mol. The van der Waals surface area contributed by atoms with Gasteiger partial charge in [0.25, 0.3) is 0 Å². The molecule has 0 aromatic heterocycles. The Morgan fingerprint density at radius 1 is 1.38 bits per heavy atom. The van der Waals surface area contributed by atoms with Crippen LogP contribution < -0.4 is 4.74 Å². The van der Waals surface area contributed by atoms with Gasteiger partial charge in [0.05, 0.1) is 10.8 Å². The third kappa shape index (κ3) is 4.40. The zero-order valence-electron chi connectivity index (χ0n) is 7.96. The fourth-order valence-electron chi connectivity index (χ4n) is 1.00. The summed E-state index contributed by atoms with van der Waals surface area (Å²) in [5, 5.41) is 0. The lowest BCUT2D eigenvalue weighted by Crippen LogP contribution is -2.17. The van der Waals surface area contributed by atoms with Gasteiger partial charge in [0.2, 0.25) is 0 Å². The van der Waals surface area contributed by atoms with Crippen molar-refractivity contribution in [3.63, 3.8) is 0 Å². The van der Waals surface area contributed by atoms with Crippen LogP contribution in [0.2, 0.25) is 0 Å². The SMILES string of the molecule is O=S(CCCl)c1cccc(OC(F)(F)F)c1. The summed E-state index contributed by atoms with van der Waals surface area (Å²) in [7, 11) is -1.40. The molecule has 0 aliphatic heterocycles. The van der Waals surface area contributed by atoms with E-state index in [2.05, 4.69) is 4.74 Å². The molecule has 1 aromatic rings. The summed E-state index contributed by atoms with van der Waals surface area (Å²) in [4.78, 5) is 0.266. The van der Waals surface area contributed by atoms with E-state index in [-0.39, 0.29) is 22.3 Å². The quantitative estimate of drug-likeness (QED) is 0.788. The van der Waals surface area contributed by atoms with Crippen molar-refractivity contribution in [3.05, 3.63) is 24.3 Å². The highest BCUT2D eigenvalue weighted by molar-refractivity contribution is 7.85. The number of rotatable bonds is 4. The molecule has 1 atom stereocenters. The summed E-state index contributed by atoms with van der Waals surface area (Å²) in [5.74, 6) is -0.0125. The lowest BCUT2D eigenvalue weighted by atomic mass is 10.3. The van der Waals surface area contributed by atoms with Gasteiger partial charge in [0.1, 0.15) is 5.75 Å². The van der Waals surface area contributed by atoms with E-state index in [4.69, 9.17) is 11.6 Å². The maximum atomic E-state index is 11.9. The van der Waals surface area contributed by atoms with E-state index in [9.17, 15) is 17.4 Å². The summed E-state index contributed by atoms with van der Waals surface area (Å²) in [6, 6.07) is 5.06. The van der Waals surface area contributed by atoms with Crippen LogP contribution in [0.3, 0.4) is 0 Å². The van der Waals surface area contributed by atoms with Gasteiger partial charge in [0, 0.05) is 16.5 Å². The van der Waals surface area contributed by atoms with Crippen LogP contribution in [-0.2, 0) is 10.8 Å². The molecule has 0 saturated carbocycles. The summed E-state index contributed by atoms with van der Waals surface area (Å²) >= 11 is 5.39. The van der Waals surface area contributed by atoms with E-state index < -0.39 is 17.2 Å². The van der Waals surface area contributed by atoms with Crippen LogP contribution >= 0.6 is 11.6 Å². The van der Waals surface area contributed by atoms with E-state index in [1.165, 1.54) is 12.1 Å². The highest BCUT2D eigenvalue weighted by atomic mass is 35.5. The highest BCUT2D eigenvalue weighted by Crippen LogP contribution is 2.24. The molecular weight excluding hydrogens is 265 g/mol. The van der Waals surface area contributed by atoms with Gasteiger partial charge in [-0.1, -0.05) is 6.07 Å². The summed E-state index contributed by atoms with van der Waals surface area (Å²) in [6.07, 6.45) is -4.74. The molecule has 0 radical (unpaired) electrons. The monoisotopic (exact) mass is 272 g/mol. The molecule has 0 amide bonds. The van der Waals surface area contributed by atoms with Gasteiger partial charge >= 0.3 is 6.36 Å². The zero-order valence-corrected chi connectivity index (χ0v) is 9.53. The second-order valence-corrected chi connectivity index (χ2v) is 4.71. The van der Waals surface area contributed by atoms with Gasteiger partial charge in [-0.2, -0.15) is 0 Å². The van der Waals surface area contributed by atoms with Crippen LogP contribution in [0.25, 0.3) is 0 Å². The molecule has 2 nitrogen and oxygen atoms in total. The minimum Gasteiger partial charge on any atom is -0.406 e. The molecule has 1 unspecified atom stereocenters. The van der Waals surface area contributed by atoms with Crippen molar-refractivity contribution in [2.75, 3.05) is 11.6 Å². The van der Waals surface area contributed by atoms with E-state index in [0.29, 0.717) is 0 Å². The van der Waals surface area contributed by atoms with E-state index in [0.717, 1.165) is 12.1 Å². The second-order valence-electron chi connectivity index (χ2n) is 2.76. The Hall–Kier alpha value is -0.750. The number of hydrogen-bond acceptors (Lipinski definition) is 2. The number of ether oxygens (including phenoxy) is 1. The largest absolute Gasteiger partial charge is 0.573 e. The first kappa shape index (κ1) is 13.3. The lowest BCUT2D eigenvalue weighted by Gasteiger charge is -2.09. The van der Waals surface area contributed by atoms with Crippen molar-refractivity contribution in [3.8, 4) is 5.75 Å². The third-order valence-corrected chi connectivity index (χ3v) is 3.33. The van der Waals surface area contributed by atoms with E-state index >= 15 is 0 Å². The topological polar surface area (TPSA) is 26.3 Å².